The van der Waals surface area contributed by atoms with Crippen molar-refractivity contribution in [3.05, 3.63) is 50.5 Å². The van der Waals surface area contributed by atoms with Crippen molar-refractivity contribution < 1.29 is 0 Å². The molecule has 0 aliphatic rings. The number of nitrogens with one attached hydrogen (secondary N) is 1. The van der Waals surface area contributed by atoms with Gasteiger partial charge in [0.15, 0.2) is 10.3 Å². The van der Waals surface area contributed by atoms with Crippen LogP contribution in [0.25, 0.3) is 11.0 Å². The second-order valence-electron chi connectivity index (χ2n) is 8.49. The van der Waals surface area contributed by atoms with Gasteiger partial charge in [0, 0.05) is 6.07 Å². The lowest BCUT2D eigenvalue weighted by atomic mass is 10.1. The second kappa shape index (κ2) is 14.9. The Hall–Kier alpha value is -2.86. The van der Waals surface area contributed by atoms with Gasteiger partial charge < -0.3 is 11.1 Å². The smallest absolute Gasteiger partial charge is 0.152 e. The topological polar surface area (TPSA) is 146 Å². The van der Waals surface area contributed by atoms with E-state index in [0.717, 1.165) is 39.8 Å². The number of aromatic nitrogens is 6. The quantitative estimate of drug-likeness (QED) is 0.267. The Morgan fingerprint density at radius 3 is 1.76 bits per heavy atom. The maximum absolute atomic E-state index is 8.67. The number of nitrogens with two attached hydrogens (primary N) is 1. The Morgan fingerprint density at radius 2 is 1.32 bits per heavy atom. The molecule has 0 amide bonds. The summed E-state index contributed by atoms with van der Waals surface area (Å²) in [7, 11) is 0. The van der Waals surface area contributed by atoms with E-state index in [-0.39, 0.29) is 31.4 Å². The second-order valence-corrected chi connectivity index (χ2v) is 9.67. The fraction of sp³-hybridized carbons (Fsp3) is 0.417. The van der Waals surface area contributed by atoms with Crippen molar-refractivity contribution in [1.82, 2.24) is 29.2 Å². The van der Waals surface area contributed by atoms with Crippen molar-refractivity contribution in [2.45, 2.75) is 53.4 Å². The minimum Gasteiger partial charge on any atom is -0.370 e. The Balaban J connectivity index is 0.000000329. The average Bonchev–Trinajstić information content (AvgIpc) is 3.35. The number of rotatable bonds is 4. The summed E-state index contributed by atoms with van der Waals surface area (Å²) in [4.78, 5) is 8.97. The molecule has 4 aromatic heterocycles. The first-order valence-electron chi connectivity index (χ1n) is 11.4. The van der Waals surface area contributed by atoms with Crippen LogP contribution in [0.1, 0.15) is 62.6 Å². The molecule has 0 aliphatic heterocycles. The zero-order valence-corrected chi connectivity index (χ0v) is 25.0. The van der Waals surface area contributed by atoms with Crippen LogP contribution in [0.4, 0.5) is 5.69 Å². The molecule has 0 aromatic carbocycles. The predicted octanol–water partition coefficient (Wildman–Crippen LogP) is 6.11. The molecule has 0 radical (unpaired) electrons. The highest BCUT2D eigenvalue weighted by Gasteiger charge is 2.17. The van der Waals surface area contributed by atoms with E-state index in [1.165, 1.54) is 0 Å². The maximum Gasteiger partial charge on any atom is 0.152 e. The fourth-order valence-electron chi connectivity index (χ4n) is 3.49. The minimum atomic E-state index is 0. The molecule has 0 bridgehead atoms. The number of nitrogens with zero attached hydrogens (tertiary/aromatic N) is 8. The SMILES string of the molecule is Cc1nc(C(C)C)c2c(Cl)cc(Cl)nn12.Cc1nc(C(C)C)c2c(NCC#N)cc(Cl)nn12.Cl.N#CCN. The van der Waals surface area contributed by atoms with Crippen LogP contribution in [-0.2, 0) is 0 Å². The fourth-order valence-corrected chi connectivity index (χ4v) is 4.20. The lowest BCUT2D eigenvalue weighted by Crippen LogP contribution is -2.04. The lowest BCUT2D eigenvalue weighted by Gasteiger charge is -2.08. The van der Waals surface area contributed by atoms with Crippen molar-refractivity contribution >= 4 is 63.9 Å². The summed E-state index contributed by atoms with van der Waals surface area (Å²) in [6.45, 7) is 12.4. The predicted molar refractivity (Wildman–Crippen MR) is 155 cm³/mol. The normalized spacial score (nSPS) is 10.3. The van der Waals surface area contributed by atoms with Crippen LogP contribution in [0.5, 0.6) is 0 Å². The van der Waals surface area contributed by atoms with E-state index in [1.54, 1.807) is 27.2 Å². The van der Waals surface area contributed by atoms with Crippen LogP contribution in [-0.4, -0.2) is 42.3 Å². The van der Waals surface area contributed by atoms with Gasteiger partial charge in [0.25, 0.3) is 0 Å². The molecule has 0 spiro atoms. The van der Waals surface area contributed by atoms with Gasteiger partial charge in [-0.1, -0.05) is 62.5 Å². The third-order valence-corrected chi connectivity index (χ3v) is 5.67. The van der Waals surface area contributed by atoms with E-state index in [0.29, 0.717) is 21.2 Å². The Labute approximate surface area is 243 Å². The number of imidazole rings is 2. The third kappa shape index (κ3) is 7.83. The summed E-state index contributed by atoms with van der Waals surface area (Å²) in [5.41, 5.74) is 9.12. The minimum absolute atomic E-state index is 0. The van der Waals surface area contributed by atoms with E-state index in [2.05, 4.69) is 65.0 Å². The molecular formula is C24H30Cl4N10. The Kier molecular flexibility index (Phi) is 13.0. The van der Waals surface area contributed by atoms with Gasteiger partial charge in [-0.2, -0.15) is 20.7 Å². The molecule has 204 valence electrons. The third-order valence-electron chi connectivity index (χ3n) is 5.01. The standard InChI is InChI=1S/C12H14ClN5.C10H11Cl2N3.C2H4N2.ClH/c1-7(2)11-12-9(15-5-4-14)6-10(13)17-18(12)8(3)16-11;1-5(2)9-10-7(11)4-8(12)14-15(10)6(3)13-9;3-1-2-4;/h6-7,15H,5H2,1-3H3;4-5H,1-3H3;1,3H2;1H. The highest BCUT2D eigenvalue weighted by atomic mass is 35.5. The van der Waals surface area contributed by atoms with Crippen LogP contribution in [0.15, 0.2) is 12.1 Å². The van der Waals surface area contributed by atoms with Crippen LogP contribution >= 0.6 is 47.2 Å². The molecule has 10 nitrogen and oxygen atoms in total. The molecule has 0 unspecified atom stereocenters. The Morgan fingerprint density at radius 1 is 0.868 bits per heavy atom. The van der Waals surface area contributed by atoms with Crippen LogP contribution in [0.2, 0.25) is 15.3 Å². The van der Waals surface area contributed by atoms with Gasteiger partial charge in [-0.25, -0.2) is 19.0 Å². The maximum atomic E-state index is 8.67. The van der Waals surface area contributed by atoms with Gasteiger partial charge in [-0.15, -0.1) is 12.4 Å². The summed E-state index contributed by atoms with van der Waals surface area (Å²) in [5, 5.41) is 29.0. The molecule has 4 rings (SSSR count). The number of hydrogen-bond donors (Lipinski definition) is 2. The van der Waals surface area contributed by atoms with Crippen LogP contribution in [0, 0.1) is 36.5 Å². The molecule has 38 heavy (non-hydrogen) atoms. The van der Waals surface area contributed by atoms with E-state index >= 15 is 0 Å². The molecule has 14 heteroatoms. The first-order chi connectivity index (χ1) is 17.5. The Bertz CT molecular complexity index is 1460. The number of anilines is 1. The van der Waals surface area contributed by atoms with Gasteiger partial charge in [-0.3, -0.25) is 0 Å². The zero-order valence-electron chi connectivity index (χ0n) is 21.9. The van der Waals surface area contributed by atoms with Gasteiger partial charge in [-0.05, 0) is 31.7 Å². The summed E-state index contributed by atoms with van der Waals surface area (Å²) >= 11 is 18.0. The van der Waals surface area contributed by atoms with Crippen molar-refractivity contribution in [2.75, 3.05) is 18.4 Å². The highest BCUT2D eigenvalue weighted by Crippen LogP contribution is 2.29. The average molecular weight is 600 g/mol. The monoisotopic (exact) mass is 598 g/mol. The van der Waals surface area contributed by atoms with Crippen molar-refractivity contribution in [2.24, 2.45) is 5.73 Å². The molecule has 4 aromatic rings. The molecular weight excluding hydrogens is 570 g/mol. The number of hydrogen-bond acceptors (Lipinski definition) is 8. The van der Waals surface area contributed by atoms with Crippen LogP contribution < -0.4 is 11.1 Å². The first kappa shape index (κ1) is 33.2. The summed E-state index contributed by atoms with van der Waals surface area (Å²) in [6, 6.07) is 7.13. The molecule has 0 atom stereocenters. The molecule has 0 fully saturated rings. The van der Waals surface area contributed by atoms with E-state index in [1.807, 2.05) is 13.8 Å². The van der Waals surface area contributed by atoms with Crippen LogP contribution in [0.3, 0.4) is 0 Å². The molecule has 0 saturated heterocycles. The number of nitriles is 2. The lowest BCUT2D eigenvalue weighted by molar-refractivity contribution is 0.834. The molecule has 4 heterocycles. The number of fused-ring (bicyclic) bond motifs is 2. The highest BCUT2D eigenvalue weighted by molar-refractivity contribution is 6.36. The largest absolute Gasteiger partial charge is 0.370 e. The number of halogens is 4. The summed E-state index contributed by atoms with van der Waals surface area (Å²) < 4.78 is 3.41. The summed E-state index contributed by atoms with van der Waals surface area (Å²) in [6.07, 6.45) is 0. The molecule has 0 aliphatic carbocycles. The van der Waals surface area contributed by atoms with E-state index < -0.39 is 0 Å². The van der Waals surface area contributed by atoms with E-state index in [9.17, 15) is 0 Å². The number of aryl methyl sites for hydroxylation is 2. The van der Waals surface area contributed by atoms with Gasteiger partial charge >= 0.3 is 0 Å². The van der Waals surface area contributed by atoms with Gasteiger partial charge in [0.2, 0.25) is 0 Å². The summed E-state index contributed by atoms with van der Waals surface area (Å²) in [5.74, 6) is 2.18. The van der Waals surface area contributed by atoms with Crippen molar-refractivity contribution in [1.29, 1.82) is 10.5 Å². The van der Waals surface area contributed by atoms with E-state index in [4.69, 9.17) is 45.3 Å². The van der Waals surface area contributed by atoms with Crippen molar-refractivity contribution in [3.63, 3.8) is 0 Å². The van der Waals surface area contributed by atoms with Gasteiger partial charge in [0.05, 0.1) is 40.8 Å². The zero-order chi connectivity index (χ0) is 27.9. The van der Waals surface area contributed by atoms with Gasteiger partial charge in [0.1, 0.15) is 29.2 Å². The first-order valence-corrected chi connectivity index (χ1v) is 12.5. The molecule has 3 N–H and O–H groups in total. The van der Waals surface area contributed by atoms with Crippen molar-refractivity contribution in [3.8, 4) is 12.1 Å². The molecule has 0 saturated carbocycles.